The minimum atomic E-state index is -0.782. The Bertz CT molecular complexity index is 479. The largest absolute Gasteiger partial charge is 0.288 e. The van der Waals surface area contributed by atoms with Crippen LogP contribution in [0.4, 0.5) is 8.78 Å². The van der Waals surface area contributed by atoms with Gasteiger partial charge in [0.2, 0.25) is 5.78 Å². The average Bonchev–Trinajstić information content (AvgIpc) is 2.67. The van der Waals surface area contributed by atoms with Crippen molar-refractivity contribution in [2.45, 2.75) is 0 Å². The van der Waals surface area contributed by atoms with Crippen molar-refractivity contribution in [3.05, 3.63) is 46.5 Å². The van der Waals surface area contributed by atoms with E-state index in [1.807, 2.05) is 0 Å². The van der Waals surface area contributed by atoms with Gasteiger partial charge in [-0.3, -0.25) is 4.79 Å². The van der Waals surface area contributed by atoms with Gasteiger partial charge in [-0.1, -0.05) is 4.49 Å². The monoisotopic (exact) mass is 226 g/mol. The summed E-state index contributed by atoms with van der Waals surface area (Å²) in [5.74, 6) is -2.05. The number of halogens is 2. The van der Waals surface area contributed by atoms with Crippen LogP contribution in [-0.4, -0.2) is 15.4 Å². The van der Waals surface area contributed by atoms with E-state index < -0.39 is 17.4 Å². The van der Waals surface area contributed by atoms with Gasteiger partial charge in [0.1, 0.15) is 16.5 Å². The molecule has 0 unspecified atom stereocenters. The van der Waals surface area contributed by atoms with Gasteiger partial charge in [0.15, 0.2) is 0 Å². The molecule has 0 bridgehead atoms. The van der Waals surface area contributed by atoms with Crippen LogP contribution in [0.2, 0.25) is 0 Å². The number of hydrogen-bond donors (Lipinski definition) is 0. The predicted molar refractivity (Wildman–Crippen MR) is 49.7 cm³/mol. The van der Waals surface area contributed by atoms with Gasteiger partial charge >= 0.3 is 0 Å². The molecule has 0 spiro atoms. The van der Waals surface area contributed by atoms with E-state index in [-0.39, 0.29) is 10.4 Å². The normalized spacial score (nSPS) is 10.3. The summed E-state index contributed by atoms with van der Waals surface area (Å²) in [4.78, 5) is 11.9. The molecule has 1 heterocycles. The molecule has 6 heteroatoms. The smallest absolute Gasteiger partial charge is 0.206 e. The highest BCUT2D eigenvalue weighted by atomic mass is 32.1. The second kappa shape index (κ2) is 3.82. The molecular formula is C9H4F2N2OS. The molecular weight excluding hydrogens is 222 g/mol. The molecule has 3 nitrogen and oxygen atoms in total. The van der Waals surface area contributed by atoms with Crippen LogP contribution < -0.4 is 0 Å². The molecule has 0 aliphatic carbocycles. The molecule has 0 saturated carbocycles. The Morgan fingerprint density at radius 3 is 2.40 bits per heavy atom. The molecule has 76 valence electrons. The van der Waals surface area contributed by atoms with Gasteiger partial charge in [-0.2, -0.15) is 0 Å². The van der Waals surface area contributed by atoms with E-state index in [0.29, 0.717) is 6.07 Å². The summed E-state index contributed by atoms with van der Waals surface area (Å²) in [5, 5.41) is 3.47. The van der Waals surface area contributed by atoms with Gasteiger partial charge in [0.25, 0.3) is 0 Å². The fourth-order valence-corrected chi connectivity index (χ4v) is 1.57. The highest BCUT2D eigenvalue weighted by Crippen LogP contribution is 2.14. The lowest BCUT2D eigenvalue weighted by molar-refractivity contribution is 0.104. The Morgan fingerprint density at radius 1 is 1.20 bits per heavy atom. The van der Waals surface area contributed by atoms with Crippen LogP contribution in [0.25, 0.3) is 0 Å². The van der Waals surface area contributed by atoms with E-state index in [9.17, 15) is 13.6 Å². The van der Waals surface area contributed by atoms with Crippen molar-refractivity contribution >= 4 is 17.3 Å². The highest BCUT2D eigenvalue weighted by Gasteiger charge is 2.13. The quantitative estimate of drug-likeness (QED) is 0.736. The number of hydrogen-bond acceptors (Lipinski definition) is 4. The summed E-state index contributed by atoms with van der Waals surface area (Å²) < 4.78 is 29.1. The Hall–Kier alpha value is -1.69. The minimum Gasteiger partial charge on any atom is -0.288 e. The Balaban J connectivity index is 2.42. The van der Waals surface area contributed by atoms with Gasteiger partial charge in [-0.05, 0) is 23.7 Å². The molecule has 1 aromatic heterocycles. The summed E-state index contributed by atoms with van der Waals surface area (Å²) in [7, 11) is 0. The summed E-state index contributed by atoms with van der Waals surface area (Å²) in [5.41, 5.74) is -0.0430. The molecule has 0 amide bonds. The fourth-order valence-electron chi connectivity index (χ4n) is 1.09. The first-order valence-corrected chi connectivity index (χ1v) is 4.72. The van der Waals surface area contributed by atoms with Crippen molar-refractivity contribution in [3.63, 3.8) is 0 Å². The van der Waals surface area contributed by atoms with Crippen molar-refractivity contribution < 1.29 is 13.6 Å². The highest BCUT2D eigenvalue weighted by molar-refractivity contribution is 7.08. The molecule has 0 radical (unpaired) electrons. The van der Waals surface area contributed by atoms with Crippen molar-refractivity contribution in [1.82, 2.24) is 9.59 Å². The second-order valence-electron chi connectivity index (χ2n) is 2.77. The minimum absolute atomic E-state index is 0.0430. The van der Waals surface area contributed by atoms with Crippen LogP contribution in [0.5, 0.6) is 0 Å². The maximum absolute atomic E-state index is 12.8. The van der Waals surface area contributed by atoms with Crippen molar-refractivity contribution in [1.29, 1.82) is 0 Å². The Morgan fingerprint density at radius 2 is 1.87 bits per heavy atom. The van der Waals surface area contributed by atoms with E-state index >= 15 is 0 Å². The maximum atomic E-state index is 12.8. The molecule has 0 N–H and O–H groups in total. The summed E-state index contributed by atoms with van der Waals surface area (Å²) >= 11 is 0.882. The van der Waals surface area contributed by atoms with E-state index in [0.717, 1.165) is 23.7 Å². The lowest BCUT2D eigenvalue weighted by atomic mass is 10.1. The zero-order valence-electron chi connectivity index (χ0n) is 7.28. The predicted octanol–water partition coefficient (Wildman–Crippen LogP) is 2.05. The van der Waals surface area contributed by atoms with Gasteiger partial charge in [0.05, 0.1) is 6.20 Å². The number of benzene rings is 1. The lowest BCUT2D eigenvalue weighted by Gasteiger charge is -1.97. The van der Waals surface area contributed by atoms with Crippen LogP contribution in [0.3, 0.4) is 0 Å². The first kappa shape index (κ1) is 9.85. The first-order valence-electron chi connectivity index (χ1n) is 3.95. The molecule has 2 rings (SSSR count). The van der Waals surface area contributed by atoms with E-state index in [2.05, 4.69) is 9.59 Å². The third-order valence-electron chi connectivity index (χ3n) is 1.71. The van der Waals surface area contributed by atoms with Crippen LogP contribution in [-0.2, 0) is 0 Å². The van der Waals surface area contributed by atoms with E-state index in [1.54, 1.807) is 0 Å². The number of rotatable bonds is 2. The zero-order valence-corrected chi connectivity index (χ0v) is 8.09. The SMILES string of the molecule is O=C(c1cc(F)cc(F)c1)c1cnns1. The topological polar surface area (TPSA) is 42.9 Å². The molecule has 2 aromatic rings. The maximum Gasteiger partial charge on any atom is 0.206 e. The molecule has 0 fully saturated rings. The third kappa shape index (κ3) is 2.04. The zero-order chi connectivity index (χ0) is 10.8. The summed E-state index contributed by atoms with van der Waals surface area (Å²) in [6.45, 7) is 0. The van der Waals surface area contributed by atoms with Crippen LogP contribution in [0.1, 0.15) is 15.2 Å². The van der Waals surface area contributed by atoms with E-state index in [4.69, 9.17) is 0 Å². The standard InChI is InChI=1S/C9H4F2N2OS/c10-6-1-5(2-7(11)3-6)9(14)8-4-12-13-15-8/h1-4H. The molecule has 0 atom stereocenters. The van der Waals surface area contributed by atoms with Gasteiger partial charge in [-0.15, -0.1) is 5.10 Å². The van der Waals surface area contributed by atoms with Crippen molar-refractivity contribution in [2.75, 3.05) is 0 Å². The van der Waals surface area contributed by atoms with E-state index in [1.165, 1.54) is 6.20 Å². The second-order valence-corrected chi connectivity index (χ2v) is 3.55. The molecule has 0 aliphatic heterocycles. The number of aromatic nitrogens is 2. The van der Waals surface area contributed by atoms with Gasteiger partial charge in [0, 0.05) is 11.6 Å². The Labute approximate surface area is 87.5 Å². The number of ketones is 1. The van der Waals surface area contributed by atoms with Crippen LogP contribution >= 0.6 is 11.5 Å². The third-order valence-corrected chi connectivity index (χ3v) is 2.37. The number of carbonyl (C=O) groups is 1. The van der Waals surface area contributed by atoms with Gasteiger partial charge in [-0.25, -0.2) is 8.78 Å². The average molecular weight is 226 g/mol. The number of carbonyl (C=O) groups excluding carboxylic acids is 1. The summed E-state index contributed by atoms with van der Waals surface area (Å²) in [6, 6.07) is 2.66. The van der Waals surface area contributed by atoms with Crippen molar-refractivity contribution in [2.24, 2.45) is 0 Å². The Kier molecular flexibility index (Phi) is 2.51. The van der Waals surface area contributed by atoms with Crippen molar-refractivity contribution in [3.8, 4) is 0 Å². The van der Waals surface area contributed by atoms with Gasteiger partial charge < -0.3 is 0 Å². The summed E-state index contributed by atoms with van der Waals surface area (Å²) in [6.07, 6.45) is 1.26. The first-order chi connectivity index (χ1) is 7.16. The molecule has 0 saturated heterocycles. The lowest BCUT2D eigenvalue weighted by Crippen LogP contribution is -2.00. The fraction of sp³-hybridized carbons (Fsp3) is 0. The van der Waals surface area contributed by atoms with Crippen LogP contribution in [0, 0.1) is 11.6 Å². The molecule has 1 aromatic carbocycles. The number of nitrogens with zero attached hydrogens (tertiary/aromatic N) is 2. The van der Waals surface area contributed by atoms with Crippen LogP contribution in [0.15, 0.2) is 24.4 Å². The molecule has 0 aliphatic rings. The molecule has 15 heavy (non-hydrogen) atoms.